The number of fused-ring (bicyclic) bond motifs is 1. The van der Waals surface area contributed by atoms with Gasteiger partial charge in [-0.15, -0.1) is 15.1 Å². The molecule has 0 aliphatic rings. The number of benzene rings is 1. The Kier molecular flexibility index (Phi) is 4.03. The van der Waals surface area contributed by atoms with Crippen molar-refractivity contribution in [3.05, 3.63) is 45.4 Å². The minimum atomic E-state index is -0.187. The fraction of sp³-hybridized carbons (Fsp3) is 0.250. The lowest BCUT2D eigenvalue weighted by molar-refractivity contribution is 0.685. The third-order valence-corrected chi connectivity index (χ3v) is 3.87. The van der Waals surface area contributed by atoms with Gasteiger partial charge >= 0.3 is 0 Å². The Morgan fingerprint density at radius 1 is 1.25 bits per heavy atom. The molecule has 0 spiro atoms. The van der Waals surface area contributed by atoms with Crippen molar-refractivity contribution in [3.8, 4) is 11.3 Å². The standard InChI is InChI=1S/C16H16N6O2/c1-4-22-9(2)18-13-7-10(12-5-6-15(17-3)20-19-12)14(21-24)8-11(13)16(22)23/h5-8H,4H2,1-3H3,(H,17,20). The maximum atomic E-state index is 12.5. The maximum absolute atomic E-state index is 12.5. The molecule has 8 heteroatoms. The second-order valence-corrected chi connectivity index (χ2v) is 5.24. The summed E-state index contributed by atoms with van der Waals surface area (Å²) in [5.74, 6) is 1.23. The van der Waals surface area contributed by atoms with Crippen LogP contribution in [0.5, 0.6) is 0 Å². The molecular formula is C16H16N6O2. The second-order valence-electron chi connectivity index (χ2n) is 5.24. The molecule has 0 bridgehead atoms. The van der Waals surface area contributed by atoms with Crippen LogP contribution < -0.4 is 10.9 Å². The SMILES string of the molecule is CCn1c(C)nc2cc(-c3ccc(NC)nn3)c(N=O)cc2c1=O. The molecule has 0 saturated heterocycles. The van der Waals surface area contributed by atoms with Crippen molar-refractivity contribution in [1.29, 1.82) is 0 Å². The van der Waals surface area contributed by atoms with Crippen molar-refractivity contribution < 1.29 is 0 Å². The van der Waals surface area contributed by atoms with E-state index in [1.54, 1.807) is 36.7 Å². The summed E-state index contributed by atoms with van der Waals surface area (Å²) >= 11 is 0. The summed E-state index contributed by atoms with van der Waals surface area (Å²) in [4.78, 5) is 28.2. The van der Waals surface area contributed by atoms with E-state index in [9.17, 15) is 9.70 Å². The van der Waals surface area contributed by atoms with Crippen molar-refractivity contribution in [3.63, 3.8) is 0 Å². The van der Waals surface area contributed by atoms with Gasteiger partial charge in [-0.1, -0.05) is 0 Å². The quantitative estimate of drug-likeness (QED) is 0.740. The summed E-state index contributed by atoms with van der Waals surface area (Å²) in [5, 5.41) is 14.4. The number of nitrogens with zero attached hydrogens (tertiary/aromatic N) is 5. The average molecular weight is 324 g/mol. The van der Waals surface area contributed by atoms with Crippen molar-refractivity contribution >= 4 is 22.4 Å². The Hall–Kier alpha value is -3.16. The average Bonchev–Trinajstić information content (AvgIpc) is 2.61. The van der Waals surface area contributed by atoms with Crippen LogP contribution in [-0.4, -0.2) is 26.8 Å². The summed E-state index contributed by atoms with van der Waals surface area (Å²) in [6.45, 7) is 4.15. The van der Waals surface area contributed by atoms with Crippen LogP contribution in [0.15, 0.2) is 34.2 Å². The molecule has 0 unspecified atom stereocenters. The number of aryl methyl sites for hydroxylation is 1. The lowest BCUT2D eigenvalue weighted by Gasteiger charge is -2.10. The minimum Gasteiger partial charge on any atom is -0.372 e. The first kappa shape index (κ1) is 15.7. The Morgan fingerprint density at radius 2 is 2.04 bits per heavy atom. The van der Waals surface area contributed by atoms with Gasteiger partial charge in [0.25, 0.3) is 5.56 Å². The van der Waals surface area contributed by atoms with Crippen LogP contribution in [0.2, 0.25) is 0 Å². The van der Waals surface area contributed by atoms with Crippen LogP contribution >= 0.6 is 0 Å². The van der Waals surface area contributed by atoms with Crippen LogP contribution in [0.3, 0.4) is 0 Å². The van der Waals surface area contributed by atoms with Gasteiger partial charge in [-0.2, -0.15) is 0 Å². The van der Waals surface area contributed by atoms with Gasteiger partial charge in [-0.3, -0.25) is 9.36 Å². The highest BCUT2D eigenvalue weighted by atomic mass is 16.3. The van der Waals surface area contributed by atoms with Gasteiger partial charge in [0.05, 0.1) is 16.6 Å². The minimum absolute atomic E-state index is 0.138. The van der Waals surface area contributed by atoms with Crippen molar-refractivity contribution in [2.24, 2.45) is 5.18 Å². The largest absolute Gasteiger partial charge is 0.372 e. The van der Waals surface area contributed by atoms with Gasteiger partial charge < -0.3 is 5.32 Å². The van der Waals surface area contributed by atoms with E-state index in [4.69, 9.17) is 0 Å². The van der Waals surface area contributed by atoms with E-state index in [1.807, 2.05) is 6.92 Å². The Bertz CT molecular complexity index is 979. The zero-order valence-corrected chi connectivity index (χ0v) is 13.6. The van der Waals surface area contributed by atoms with Crippen LogP contribution in [0, 0.1) is 11.8 Å². The Balaban J connectivity index is 2.28. The predicted octanol–water partition coefficient (Wildman–Crippen LogP) is 2.62. The van der Waals surface area contributed by atoms with E-state index in [-0.39, 0.29) is 11.2 Å². The highest BCUT2D eigenvalue weighted by molar-refractivity contribution is 5.90. The molecule has 122 valence electrons. The predicted molar refractivity (Wildman–Crippen MR) is 92.4 cm³/mol. The molecule has 1 aromatic carbocycles. The summed E-state index contributed by atoms with van der Waals surface area (Å²) in [5.41, 5.74) is 1.44. The molecule has 0 aliphatic heterocycles. The first-order valence-corrected chi connectivity index (χ1v) is 7.49. The fourth-order valence-electron chi connectivity index (χ4n) is 2.63. The number of nitroso groups, excluding NO2 is 1. The molecule has 0 atom stereocenters. The first-order chi connectivity index (χ1) is 11.6. The van der Waals surface area contributed by atoms with E-state index >= 15 is 0 Å². The van der Waals surface area contributed by atoms with Gasteiger partial charge in [0.2, 0.25) is 0 Å². The lowest BCUT2D eigenvalue weighted by atomic mass is 10.1. The van der Waals surface area contributed by atoms with E-state index in [0.717, 1.165) is 0 Å². The third-order valence-electron chi connectivity index (χ3n) is 3.87. The van der Waals surface area contributed by atoms with Gasteiger partial charge in [0.15, 0.2) is 0 Å². The van der Waals surface area contributed by atoms with Crippen molar-refractivity contribution in [1.82, 2.24) is 19.7 Å². The third kappa shape index (κ3) is 2.51. The summed E-state index contributed by atoms with van der Waals surface area (Å²) in [6, 6.07) is 6.60. The molecule has 2 aromatic heterocycles. The number of aromatic nitrogens is 4. The smallest absolute Gasteiger partial charge is 0.261 e. The van der Waals surface area contributed by atoms with E-state index < -0.39 is 0 Å². The first-order valence-electron chi connectivity index (χ1n) is 7.49. The molecule has 3 aromatic rings. The fourth-order valence-corrected chi connectivity index (χ4v) is 2.63. The van der Waals surface area contributed by atoms with Gasteiger partial charge in [0, 0.05) is 19.2 Å². The maximum Gasteiger partial charge on any atom is 0.261 e. The molecule has 3 rings (SSSR count). The number of anilines is 1. The molecule has 1 N–H and O–H groups in total. The van der Waals surface area contributed by atoms with E-state index in [0.29, 0.717) is 40.3 Å². The van der Waals surface area contributed by atoms with Crippen LogP contribution in [-0.2, 0) is 6.54 Å². The number of nitrogens with one attached hydrogen (secondary N) is 1. The summed E-state index contributed by atoms with van der Waals surface area (Å²) in [7, 11) is 1.74. The lowest BCUT2D eigenvalue weighted by Crippen LogP contribution is -2.23. The highest BCUT2D eigenvalue weighted by Gasteiger charge is 2.14. The number of hydrogen-bond acceptors (Lipinski definition) is 7. The van der Waals surface area contributed by atoms with Crippen LogP contribution in [0.25, 0.3) is 22.2 Å². The van der Waals surface area contributed by atoms with Gasteiger partial charge in [0.1, 0.15) is 17.3 Å². The van der Waals surface area contributed by atoms with Gasteiger partial charge in [-0.05, 0) is 43.3 Å². The summed E-state index contributed by atoms with van der Waals surface area (Å²) < 4.78 is 1.55. The second kappa shape index (κ2) is 6.15. The molecule has 0 saturated carbocycles. The Morgan fingerprint density at radius 3 is 2.62 bits per heavy atom. The van der Waals surface area contributed by atoms with Gasteiger partial charge in [-0.25, -0.2) is 4.98 Å². The topological polar surface area (TPSA) is 102 Å². The molecule has 0 aliphatic carbocycles. The van der Waals surface area contributed by atoms with Crippen LogP contribution in [0.4, 0.5) is 11.5 Å². The van der Waals surface area contributed by atoms with Crippen molar-refractivity contribution in [2.75, 3.05) is 12.4 Å². The van der Waals surface area contributed by atoms with Crippen LogP contribution in [0.1, 0.15) is 12.7 Å². The molecule has 8 nitrogen and oxygen atoms in total. The molecule has 0 amide bonds. The molecular weight excluding hydrogens is 308 g/mol. The van der Waals surface area contributed by atoms with E-state index in [1.165, 1.54) is 6.07 Å². The Labute approximate surface area is 137 Å². The highest BCUT2D eigenvalue weighted by Crippen LogP contribution is 2.32. The number of hydrogen-bond donors (Lipinski definition) is 1. The summed E-state index contributed by atoms with van der Waals surface area (Å²) in [6.07, 6.45) is 0. The molecule has 0 radical (unpaired) electrons. The monoisotopic (exact) mass is 324 g/mol. The molecule has 2 heterocycles. The van der Waals surface area contributed by atoms with E-state index in [2.05, 4.69) is 25.7 Å². The normalized spacial score (nSPS) is 10.8. The zero-order chi connectivity index (χ0) is 17.3. The molecule has 24 heavy (non-hydrogen) atoms. The molecule has 0 fully saturated rings. The zero-order valence-electron chi connectivity index (χ0n) is 13.6. The van der Waals surface area contributed by atoms with Crippen molar-refractivity contribution in [2.45, 2.75) is 20.4 Å². The number of rotatable bonds is 4.